The van der Waals surface area contributed by atoms with Gasteiger partial charge in [0.15, 0.2) is 0 Å². The number of benzene rings is 1. The molecule has 0 saturated heterocycles. The highest BCUT2D eigenvalue weighted by molar-refractivity contribution is 5.82. The number of nitrogens with zero attached hydrogens (tertiary/aromatic N) is 1. The van der Waals surface area contributed by atoms with Gasteiger partial charge in [0, 0.05) is 12.1 Å². The van der Waals surface area contributed by atoms with Crippen LogP contribution in [0.1, 0.15) is 25.0 Å². The van der Waals surface area contributed by atoms with Crippen LogP contribution in [-0.2, 0) is 11.3 Å². The maximum atomic E-state index is 13.0. The summed E-state index contributed by atoms with van der Waals surface area (Å²) in [7, 11) is 0. The second-order valence-corrected chi connectivity index (χ2v) is 5.71. The first-order chi connectivity index (χ1) is 9.32. The van der Waals surface area contributed by atoms with Crippen molar-refractivity contribution in [3.63, 3.8) is 0 Å². The Kier molecular flexibility index (Phi) is 3.97. The van der Waals surface area contributed by atoms with E-state index >= 15 is 0 Å². The van der Waals surface area contributed by atoms with Crippen LogP contribution in [0, 0.1) is 12.3 Å². The number of aryl methyl sites for hydroxylation is 1. The SMILES string of the molecule is Cc1ccc2c(c1)CN(C(=O)C(C)(C)C(F)F)CCO2. The molecule has 0 spiro atoms. The molecule has 1 aliphatic rings. The molecule has 0 unspecified atom stereocenters. The van der Waals surface area contributed by atoms with Crippen molar-refractivity contribution in [3.05, 3.63) is 29.3 Å². The summed E-state index contributed by atoms with van der Waals surface area (Å²) >= 11 is 0. The van der Waals surface area contributed by atoms with Crippen molar-refractivity contribution in [1.82, 2.24) is 4.90 Å². The first-order valence-electron chi connectivity index (χ1n) is 6.62. The van der Waals surface area contributed by atoms with Crippen LogP contribution in [0.15, 0.2) is 18.2 Å². The predicted octanol–water partition coefficient (Wildman–Crippen LogP) is 3.01. The number of ether oxygens (including phenoxy) is 1. The number of hydrogen-bond acceptors (Lipinski definition) is 2. The average Bonchev–Trinajstić information content (AvgIpc) is 2.59. The molecule has 1 aromatic rings. The molecule has 0 saturated carbocycles. The van der Waals surface area contributed by atoms with Crippen molar-refractivity contribution >= 4 is 5.91 Å². The maximum Gasteiger partial charge on any atom is 0.252 e. The Morgan fingerprint density at radius 3 is 2.75 bits per heavy atom. The molecule has 110 valence electrons. The van der Waals surface area contributed by atoms with E-state index in [1.165, 1.54) is 18.7 Å². The zero-order chi connectivity index (χ0) is 14.9. The zero-order valence-electron chi connectivity index (χ0n) is 12.0. The van der Waals surface area contributed by atoms with Crippen LogP contribution in [0.5, 0.6) is 5.75 Å². The number of halogens is 2. The molecule has 0 bridgehead atoms. The minimum absolute atomic E-state index is 0.312. The number of rotatable bonds is 2. The lowest BCUT2D eigenvalue weighted by atomic mass is 9.92. The number of amides is 1. The highest BCUT2D eigenvalue weighted by Gasteiger charge is 2.41. The molecule has 20 heavy (non-hydrogen) atoms. The Morgan fingerprint density at radius 1 is 1.40 bits per heavy atom. The lowest BCUT2D eigenvalue weighted by Gasteiger charge is -2.30. The van der Waals surface area contributed by atoms with E-state index in [0.29, 0.717) is 19.7 Å². The summed E-state index contributed by atoms with van der Waals surface area (Å²) < 4.78 is 31.6. The summed E-state index contributed by atoms with van der Waals surface area (Å²) in [6.07, 6.45) is -2.68. The molecular weight excluding hydrogens is 264 g/mol. The lowest BCUT2D eigenvalue weighted by Crippen LogP contribution is -2.45. The Balaban J connectivity index is 2.25. The van der Waals surface area contributed by atoms with Gasteiger partial charge in [0.2, 0.25) is 5.91 Å². The molecule has 0 fully saturated rings. The molecule has 1 aliphatic heterocycles. The zero-order valence-corrected chi connectivity index (χ0v) is 12.0. The van der Waals surface area contributed by atoms with Crippen LogP contribution in [-0.4, -0.2) is 30.4 Å². The monoisotopic (exact) mass is 283 g/mol. The molecule has 1 aromatic carbocycles. The molecule has 5 heteroatoms. The number of fused-ring (bicyclic) bond motifs is 1. The van der Waals surface area contributed by atoms with Gasteiger partial charge in [0.05, 0.1) is 6.54 Å². The van der Waals surface area contributed by atoms with E-state index in [2.05, 4.69) is 0 Å². The molecule has 3 nitrogen and oxygen atoms in total. The fraction of sp³-hybridized carbons (Fsp3) is 0.533. The molecule has 0 N–H and O–H groups in total. The number of alkyl halides is 2. The van der Waals surface area contributed by atoms with Crippen molar-refractivity contribution < 1.29 is 18.3 Å². The third-order valence-corrected chi connectivity index (χ3v) is 3.58. The van der Waals surface area contributed by atoms with E-state index in [0.717, 1.165) is 16.9 Å². The second-order valence-electron chi connectivity index (χ2n) is 5.71. The Labute approximate surface area is 117 Å². The van der Waals surface area contributed by atoms with Crippen LogP contribution in [0.4, 0.5) is 8.78 Å². The Hall–Kier alpha value is -1.65. The topological polar surface area (TPSA) is 29.5 Å². The molecule has 1 heterocycles. The van der Waals surface area contributed by atoms with Crippen molar-refractivity contribution in [2.45, 2.75) is 33.7 Å². The van der Waals surface area contributed by atoms with Gasteiger partial charge in [0.25, 0.3) is 6.43 Å². The van der Waals surface area contributed by atoms with Crippen LogP contribution < -0.4 is 4.74 Å². The summed E-state index contributed by atoms with van der Waals surface area (Å²) in [5, 5.41) is 0. The fourth-order valence-electron chi connectivity index (χ4n) is 2.20. The van der Waals surface area contributed by atoms with Gasteiger partial charge in [-0.05, 0) is 26.8 Å². The van der Waals surface area contributed by atoms with Gasteiger partial charge in [-0.25, -0.2) is 8.78 Å². The summed E-state index contributed by atoms with van der Waals surface area (Å²) in [6, 6.07) is 5.71. The highest BCUT2D eigenvalue weighted by Crippen LogP contribution is 2.30. The van der Waals surface area contributed by atoms with Gasteiger partial charge in [-0.2, -0.15) is 0 Å². The predicted molar refractivity (Wildman–Crippen MR) is 71.9 cm³/mol. The Bertz CT molecular complexity index is 515. The first kappa shape index (κ1) is 14.8. The van der Waals surface area contributed by atoms with Gasteiger partial charge in [-0.3, -0.25) is 4.79 Å². The minimum Gasteiger partial charge on any atom is -0.491 e. The largest absolute Gasteiger partial charge is 0.491 e. The van der Waals surface area contributed by atoms with Crippen LogP contribution in [0.25, 0.3) is 0 Å². The number of carbonyl (C=O) groups is 1. The van der Waals surface area contributed by atoms with Crippen molar-refractivity contribution in [1.29, 1.82) is 0 Å². The normalized spacial score (nSPS) is 15.6. The van der Waals surface area contributed by atoms with Crippen LogP contribution >= 0.6 is 0 Å². The van der Waals surface area contributed by atoms with Crippen molar-refractivity contribution in [2.75, 3.05) is 13.2 Å². The third-order valence-electron chi connectivity index (χ3n) is 3.58. The van der Waals surface area contributed by atoms with Crippen LogP contribution in [0.3, 0.4) is 0 Å². The maximum absolute atomic E-state index is 13.0. The molecule has 0 atom stereocenters. The van der Waals surface area contributed by atoms with E-state index in [9.17, 15) is 13.6 Å². The van der Waals surface area contributed by atoms with Gasteiger partial charge in [0.1, 0.15) is 17.8 Å². The standard InChI is InChI=1S/C15H19F2NO2/c1-10-4-5-12-11(8-10)9-18(6-7-20-12)14(19)15(2,3)13(16)17/h4-5,8,13H,6-7,9H2,1-3H3. The number of hydrogen-bond donors (Lipinski definition) is 0. The lowest BCUT2D eigenvalue weighted by molar-refractivity contribution is -0.149. The molecular formula is C15H19F2NO2. The molecule has 0 aliphatic carbocycles. The van der Waals surface area contributed by atoms with E-state index in [1.54, 1.807) is 0 Å². The van der Waals surface area contributed by atoms with E-state index in [-0.39, 0.29) is 0 Å². The average molecular weight is 283 g/mol. The van der Waals surface area contributed by atoms with Crippen molar-refractivity contribution in [2.24, 2.45) is 5.41 Å². The van der Waals surface area contributed by atoms with Crippen molar-refractivity contribution in [3.8, 4) is 5.75 Å². The fourth-order valence-corrected chi connectivity index (χ4v) is 2.20. The van der Waals surface area contributed by atoms with E-state index < -0.39 is 17.7 Å². The smallest absolute Gasteiger partial charge is 0.252 e. The first-order valence-corrected chi connectivity index (χ1v) is 6.62. The Morgan fingerprint density at radius 2 is 2.10 bits per heavy atom. The van der Waals surface area contributed by atoms with E-state index in [4.69, 9.17) is 4.74 Å². The summed E-state index contributed by atoms with van der Waals surface area (Å²) in [5.74, 6) is 0.186. The van der Waals surface area contributed by atoms with Gasteiger partial charge < -0.3 is 9.64 Å². The second kappa shape index (κ2) is 5.38. The minimum atomic E-state index is -2.68. The third kappa shape index (κ3) is 2.76. The summed E-state index contributed by atoms with van der Waals surface area (Å²) in [6.45, 7) is 5.46. The molecule has 0 radical (unpaired) electrons. The van der Waals surface area contributed by atoms with E-state index in [1.807, 2.05) is 25.1 Å². The van der Waals surface area contributed by atoms with Gasteiger partial charge in [-0.1, -0.05) is 17.7 Å². The van der Waals surface area contributed by atoms with Crippen LogP contribution in [0.2, 0.25) is 0 Å². The molecule has 2 rings (SSSR count). The molecule has 0 aromatic heterocycles. The molecule has 1 amide bonds. The van der Waals surface area contributed by atoms with Gasteiger partial charge in [-0.15, -0.1) is 0 Å². The summed E-state index contributed by atoms with van der Waals surface area (Å²) in [5.41, 5.74) is 0.240. The highest BCUT2D eigenvalue weighted by atomic mass is 19.3. The quantitative estimate of drug-likeness (QED) is 0.835. The summed E-state index contributed by atoms with van der Waals surface area (Å²) in [4.78, 5) is 13.8. The van der Waals surface area contributed by atoms with Gasteiger partial charge >= 0.3 is 0 Å². The number of carbonyl (C=O) groups excluding carboxylic acids is 1.